The van der Waals surface area contributed by atoms with E-state index >= 15 is 0 Å². The van der Waals surface area contributed by atoms with Crippen molar-refractivity contribution < 1.29 is 9.90 Å². The van der Waals surface area contributed by atoms with Crippen LogP contribution < -0.4 is 0 Å². The number of hydrogen-bond acceptors (Lipinski definition) is 2. The first-order chi connectivity index (χ1) is 7.58. The Kier molecular flexibility index (Phi) is 3.19. The highest BCUT2D eigenvalue weighted by Crippen LogP contribution is 2.32. The lowest BCUT2D eigenvalue weighted by Gasteiger charge is -1.99. The Morgan fingerprint density at radius 3 is 2.44 bits per heavy atom. The lowest BCUT2D eigenvalue weighted by atomic mass is 10.2. The lowest BCUT2D eigenvalue weighted by Crippen LogP contribution is -1.89. The molecule has 0 aliphatic carbocycles. The minimum Gasteiger partial charge on any atom is -0.477 e. The second kappa shape index (κ2) is 4.45. The second-order valence-electron chi connectivity index (χ2n) is 3.10. The quantitative estimate of drug-likeness (QED) is 0.879. The highest BCUT2D eigenvalue weighted by Gasteiger charge is 2.09. The molecule has 2 rings (SSSR count). The van der Waals surface area contributed by atoms with Crippen LogP contribution in [0.4, 0.5) is 0 Å². The summed E-state index contributed by atoms with van der Waals surface area (Å²) in [6.45, 7) is 0. The van der Waals surface area contributed by atoms with Crippen LogP contribution in [0.5, 0.6) is 0 Å². The van der Waals surface area contributed by atoms with E-state index in [0.29, 0.717) is 14.9 Å². The minimum absolute atomic E-state index is 0.307. The van der Waals surface area contributed by atoms with E-state index in [2.05, 4.69) is 0 Å². The van der Waals surface area contributed by atoms with Gasteiger partial charge in [-0.25, -0.2) is 4.79 Å². The van der Waals surface area contributed by atoms with Crippen molar-refractivity contribution >= 4 is 40.5 Å². The fourth-order valence-electron chi connectivity index (χ4n) is 1.26. The number of halogens is 2. The molecule has 0 bridgehead atoms. The van der Waals surface area contributed by atoms with E-state index in [-0.39, 0.29) is 0 Å². The Balaban J connectivity index is 2.42. The van der Waals surface area contributed by atoms with Crippen molar-refractivity contribution in [2.75, 3.05) is 0 Å². The number of carboxylic acid groups (broad SMARTS) is 1. The average molecular weight is 273 g/mol. The minimum atomic E-state index is -0.920. The zero-order chi connectivity index (χ0) is 11.7. The number of carboxylic acids is 1. The van der Waals surface area contributed by atoms with Crippen LogP contribution in [0.1, 0.15) is 9.67 Å². The van der Waals surface area contributed by atoms with Crippen molar-refractivity contribution in [2.45, 2.75) is 0 Å². The van der Waals surface area contributed by atoms with Crippen LogP contribution in [0.15, 0.2) is 30.3 Å². The zero-order valence-corrected chi connectivity index (χ0v) is 10.2. The van der Waals surface area contributed by atoms with Gasteiger partial charge in [0.15, 0.2) is 0 Å². The molecular weight excluding hydrogens is 267 g/mol. The molecular formula is C11H6Cl2O2S. The van der Waals surface area contributed by atoms with E-state index in [4.69, 9.17) is 28.3 Å². The molecule has 1 aromatic carbocycles. The highest BCUT2D eigenvalue weighted by molar-refractivity contribution is 7.17. The Morgan fingerprint density at radius 2 is 1.88 bits per heavy atom. The molecule has 1 heterocycles. The number of benzene rings is 1. The van der Waals surface area contributed by atoms with Gasteiger partial charge in [-0.05, 0) is 29.8 Å². The highest BCUT2D eigenvalue weighted by atomic mass is 35.5. The Hall–Kier alpha value is -1.03. The van der Waals surface area contributed by atoms with Gasteiger partial charge in [0.25, 0.3) is 0 Å². The predicted octanol–water partition coefficient (Wildman–Crippen LogP) is 4.42. The summed E-state index contributed by atoms with van der Waals surface area (Å²) in [5.74, 6) is -0.920. The van der Waals surface area contributed by atoms with Crippen molar-refractivity contribution in [1.82, 2.24) is 0 Å². The summed E-state index contributed by atoms with van der Waals surface area (Å²) in [5.41, 5.74) is 0.868. The van der Waals surface area contributed by atoms with Gasteiger partial charge >= 0.3 is 5.97 Å². The molecule has 0 unspecified atom stereocenters. The van der Waals surface area contributed by atoms with Crippen LogP contribution in [0.2, 0.25) is 10.0 Å². The fourth-order valence-corrected chi connectivity index (χ4v) is 2.40. The van der Waals surface area contributed by atoms with Crippen LogP contribution in [0.25, 0.3) is 10.4 Å². The molecule has 0 atom stereocenters. The third kappa shape index (κ3) is 2.21. The standard InChI is InChI=1S/C11H6Cl2O2S/c12-7-2-1-6(5-8(7)13)9-3-4-10(16-9)11(14)15/h1-5H,(H,14,15). The van der Waals surface area contributed by atoms with E-state index in [1.807, 2.05) is 6.07 Å². The Bertz CT molecular complexity index is 549. The monoisotopic (exact) mass is 272 g/mol. The van der Waals surface area contributed by atoms with Gasteiger partial charge in [-0.3, -0.25) is 0 Å². The van der Waals surface area contributed by atoms with Gasteiger partial charge in [-0.15, -0.1) is 11.3 Å². The van der Waals surface area contributed by atoms with E-state index < -0.39 is 5.97 Å². The number of rotatable bonds is 2. The van der Waals surface area contributed by atoms with Gasteiger partial charge in [0.05, 0.1) is 10.0 Å². The largest absolute Gasteiger partial charge is 0.477 e. The molecule has 2 nitrogen and oxygen atoms in total. The van der Waals surface area contributed by atoms with Crippen LogP contribution in [-0.4, -0.2) is 11.1 Å². The molecule has 2 aromatic rings. The molecule has 5 heteroatoms. The summed E-state index contributed by atoms with van der Waals surface area (Å²) in [5, 5.41) is 9.76. The van der Waals surface area contributed by atoms with Crippen molar-refractivity contribution in [1.29, 1.82) is 0 Å². The molecule has 0 saturated heterocycles. The molecule has 0 spiro atoms. The molecule has 0 fully saturated rings. The molecule has 1 N–H and O–H groups in total. The van der Waals surface area contributed by atoms with Crippen molar-refractivity contribution in [3.05, 3.63) is 45.3 Å². The van der Waals surface area contributed by atoms with Crippen molar-refractivity contribution in [3.63, 3.8) is 0 Å². The van der Waals surface area contributed by atoms with Gasteiger partial charge in [0, 0.05) is 4.88 Å². The van der Waals surface area contributed by atoms with Crippen molar-refractivity contribution in [3.8, 4) is 10.4 Å². The van der Waals surface area contributed by atoms with E-state index in [0.717, 1.165) is 10.4 Å². The molecule has 82 valence electrons. The molecule has 0 saturated carbocycles. The summed E-state index contributed by atoms with van der Waals surface area (Å²) in [6.07, 6.45) is 0. The normalized spacial score (nSPS) is 10.4. The van der Waals surface area contributed by atoms with Crippen LogP contribution in [0.3, 0.4) is 0 Å². The number of carbonyl (C=O) groups is 1. The number of aromatic carboxylic acids is 1. The number of hydrogen-bond donors (Lipinski definition) is 1. The van der Waals surface area contributed by atoms with Gasteiger partial charge in [-0.1, -0.05) is 29.3 Å². The lowest BCUT2D eigenvalue weighted by molar-refractivity contribution is 0.0702. The Morgan fingerprint density at radius 1 is 1.12 bits per heavy atom. The van der Waals surface area contributed by atoms with E-state index in [1.165, 1.54) is 11.3 Å². The first-order valence-corrected chi connectivity index (χ1v) is 5.94. The third-order valence-corrected chi connectivity index (χ3v) is 3.88. The van der Waals surface area contributed by atoms with Gasteiger partial charge in [0.2, 0.25) is 0 Å². The smallest absolute Gasteiger partial charge is 0.345 e. The average Bonchev–Trinajstić information content (AvgIpc) is 2.71. The first-order valence-electron chi connectivity index (χ1n) is 4.36. The maximum atomic E-state index is 10.7. The van der Waals surface area contributed by atoms with E-state index in [9.17, 15) is 4.79 Å². The zero-order valence-electron chi connectivity index (χ0n) is 7.91. The molecule has 16 heavy (non-hydrogen) atoms. The topological polar surface area (TPSA) is 37.3 Å². The maximum Gasteiger partial charge on any atom is 0.345 e. The van der Waals surface area contributed by atoms with Gasteiger partial charge in [-0.2, -0.15) is 0 Å². The number of thiophene rings is 1. The molecule has 0 aliphatic rings. The van der Waals surface area contributed by atoms with Crippen LogP contribution >= 0.6 is 34.5 Å². The SMILES string of the molecule is O=C(O)c1ccc(-c2ccc(Cl)c(Cl)c2)s1. The summed E-state index contributed by atoms with van der Waals surface area (Å²) < 4.78 is 0. The van der Waals surface area contributed by atoms with Crippen LogP contribution in [-0.2, 0) is 0 Å². The maximum absolute atomic E-state index is 10.7. The molecule has 0 amide bonds. The predicted molar refractivity (Wildman–Crippen MR) is 66.7 cm³/mol. The summed E-state index contributed by atoms with van der Waals surface area (Å²) in [7, 11) is 0. The fraction of sp³-hybridized carbons (Fsp3) is 0. The summed E-state index contributed by atoms with van der Waals surface area (Å²) in [6, 6.07) is 8.56. The molecule has 0 radical (unpaired) electrons. The second-order valence-corrected chi connectivity index (χ2v) is 5.00. The Labute approximate surface area is 106 Å². The van der Waals surface area contributed by atoms with Gasteiger partial charge in [0.1, 0.15) is 4.88 Å². The first kappa shape index (κ1) is 11.5. The molecule has 0 aliphatic heterocycles. The van der Waals surface area contributed by atoms with E-state index in [1.54, 1.807) is 24.3 Å². The summed E-state index contributed by atoms with van der Waals surface area (Å²) in [4.78, 5) is 11.9. The van der Waals surface area contributed by atoms with Crippen LogP contribution in [0, 0.1) is 0 Å². The molecule has 1 aromatic heterocycles. The third-order valence-electron chi connectivity index (χ3n) is 2.02. The van der Waals surface area contributed by atoms with Gasteiger partial charge < -0.3 is 5.11 Å². The summed E-state index contributed by atoms with van der Waals surface area (Å²) >= 11 is 12.9. The van der Waals surface area contributed by atoms with Crippen molar-refractivity contribution in [2.24, 2.45) is 0 Å².